The molecule has 0 aliphatic carbocycles. The average molecular weight is 261 g/mol. The summed E-state index contributed by atoms with van der Waals surface area (Å²) in [6, 6.07) is -1.81. The topological polar surface area (TPSA) is 185 Å². The Morgan fingerprint density at radius 2 is 1.50 bits per heavy atom. The van der Waals surface area contributed by atoms with E-state index in [1.165, 1.54) is 0 Å². The first kappa shape index (κ1) is 13.8. The van der Waals surface area contributed by atoms with Crippen LogP contribution in [0.1, 0.15) is 5.56 Å². The lowest BCUT2D eigenvalue weighted by Crippen LogP contribution is -2.50. The lowest BCUT2D eigenvalue weighted by atomic mass is 9.96. The van der Waals surface area contributed by atoms with Gasteiger partial charge in [0.2, 0.25) is 5.79 Å². The van der Waals surface area contributed by atoms with Gasteiger partial charge in [0, 0.05) is 6.07 Å². The number of aliphatic carboxylic acids is 1. The normalized spacial score (nSPS) is 13.3. The van der Waals surface area contributed by atoms with Crippen LogP contribution in [0.3, 0.4) is 0 Å². The third kappa shape index (κ3) is 1.97. The smallest absolute Gasteiger partial charge is 0.326 e. The fourth-order valence-corrected chi connectivity index (χ4v) is 1.31. The number of rotatable bonds is 3. The number of carboxylic acid groups (broad SMARTS) is 1. The predicted molar refractivity (Wildman–Crippen MR) is 54.8 cm³/mol. The Morgan fingerprint density at radius 3 is 1.83 bits per heavy atom. The second kappa shape index (κ2) is 4.22. The number of benzene rings is 1. The van der Waals surface area contributed by atoms with Gasteiger partial charge in [-0.3, -0.25) is 4.79 Å². The van der Waals surface area contributed by atoms with E-state index in [2.05, 4.69) is 0 Å². The number of nitrogens with two attached hydrogens (primary N) is 1. The number of hydrogen-bond donors (Lipinski definition) is 8. The summed E-state index contributed by atoms with van der Waals surface area (Å²) in [5.74, 6) is -9.67. The summed E-state index contributed by atoms with van der Waals surface area (Å²) in [4.78, 5) is 10.6. The zero-order valence-electron chi connectivity index (χ0n) is 8.77. The van der Waals surface area contributed by atoms with Gasteiger partial charge in [-0.05, 0) is 0 Å². The monoisotopic (exact) mass is 261 g/mol. The second-order valence-corrected chi connectivity index (χ2v) is 3.53. The molecule has 0 saturated carbocycles. The SMILES string of the molecule is NC(C(=O)O)C(O)(O)c1c(O)c(O)cc(O)c1O. The van der Waals surface area contributed by atoms with E-state index in [1.807, 2.05) is 0 Å². The molecule has 9 heteroatoms. The molecule has 1 aromatic rings. The molecule has 0 spiro atoms. The Hall–Kier alpha value is -2.23. The van der Waals surface area contributed by atoms with E-state index in [-0.39, 0.29) is 0 Å². The molecule has 0 saturated heterocycles. The molecule has 100 valence electrons. The zero-order chi connectivity index (χ0) is 14.2. The Labute approximate surface area is 99.6 Å². The Bertz CT molecular complexity index is 472. The van der Waals surface area contributed by atoms with Crippen LogP contribution < -0.4 is 5.73 Å². The maximum atomic E-state index is 10.6. The van der Waals surface area contributed by atoms with Gasteiger partial charge in [0.15, 0.2) is 29.0 Å². The Morgan fingerprint density at radius 1 is 1.11 bits per heavy atom. The highest BCUT2D eigenvalue weighted by molar-refractivity contribution is 5.76. The van der Waals surface area contributed by atoms with Gasteiger partial charge >= 0.3 is 5.97 Å². The second-order valence-electron chi connectivity index (χ2n) is 3.53. The van der Waals surface area contributed by atoms with Gasteiger partial charge in [-0.2, -0.15) is 0 Å². The standard InChI is InChI=1S/C9H11NO8/c10-7(8(15)16)9(17,18)4-5(13)2(11)1-3(12)6(4)14/h1,7,11-14,17-18H,10H2,(H,15,16). The van der Waals surface area contributed by atoms with Crippen molar-refractivity contribution in [3.8, 4) is 23.0 Å². The van der Waals surface area contributed by atoms with Crippen LogP contribution in [0.25, 0.3) is 0 Å². The number of aliphatic hydroxyl groups is 2. The first-order valence-electron chi connectivity index (χ1n) is 4.51. The van der Waals surface area contributed by atoms with E-state index >= 15 is 0 Å². The Kier molecular flexibility index (Phi) is 3.24. The van der Waals surface area contributed by atoms with Crippen molar-refractivity contribution < 1.29 is 40.5 Å². The highest BCUT2D eigenvalue weighted by Crippen LogP contribution is 2.47. The predicted octanol–water partition coefficient (Wildman–Crippen LogP) is -1.94. The average Bonchev–Trinajstić information content (AvgIpc) is 2.25. The van der Waals surface area contributed by atoms with Crippen LogP contribution in [0.5, 0.6) is 23.0 Å². The first-order chi connectivity index (χ1) is 8.10. The quantitative estimate of drug-likeness (QED) is 0.174. The van der Waals surface area contributed by atoms with Gasteiger partial charge in [0.05, 0.1) is 0 Å². The summed E-state index contributed by atoms with van der Waals surface area (Å²) in [7, 11) is 0. The Balaban J connectivity index is 3.54. The number of carbonyl (C=O) groups is 1. The summed E-state index contributed by atoms with van der Waals surface area (Å²) in [6.45, 7) is 0. The van der Waals surface area contributed by atoms with Crippen LogP contribution in [0.15, 0.2) is 6.07 Å². The molecule has 0 aliphatic rings. The molecular formula is C9H11NO8. The molecule has 9 N–H and O–H groups in total. The number of phenols is 4. The van der Waals surface area contributed by atoms with Gasteiger partial charge in [-0.25, -0.2) is 0 Å². The maximum absolute atomic E-state index is 10.6. The van der Waals surface area contributed by atoms with Crippen molar-refractivity contribution in [1.82, 2.24) is 0 Å². The molecule has 9 nitrogen and oxygen atoms in total. The van der Waals surface area contributed by atoms with Gasteiger partial charge < -0.3 is 41.5 Å². The summed E-state index contributed by atoms with van der Waals surface area (Å²) in [6.07, 6.45) is 0. The molecule has 0 aliphatic heterocycles. The van der Waals surface area contributed by atoms with Crippen molar-refractivity contribution in [2.75, 3.05) is 0 Å². The molecule has 0 amide bonds. The van der Waals surface area contributed by atoms with Crippen molar-refractivity contribution in [3.63, 3.8) is 0 Å². The molecule has 0 aromatic heterocycles. The number of phenolic OH excluding ortho intramolecular Hbond substituents is 4. The first-order valence-corrected chi connectivity index (χ1v) is 4.51. The number of aromatic hydroxyl groups is 4. The van der Waals surface area contributed by atoms with Crippen molar-refractivity contribution in [3.05, 3.63) is 11.6 Å². The van der Waals surface area contributed by atoms with Crippen molar-refractivity contribution in [2.24, 2.45) is 5.73 Å². The minimum absolute atomic E-state index is 0.524. The van der Waals surface area contributed by atoms with E-state index in [0.29, 0.717) is 6.07 Å². The number of hydrogen-bond acceptors (Lipinski definition) is 8. The van der Waals surface area contributed by atoms with E-state index in [0.717, 1.165) is 0 Å². The van der Waals surface area contributed by atoms with Gasteiger partial charge in [-0.1, -0.05) is 0 Å². The lowest BCUT2D eigenvalue weighted by Gasteiger charge is -2.27. The van der Waals surface area contributed by atoms with Crippen molar-refractivity contribution in [1.29, 1.82) is 0 Å². The molecule has 1 unspecified atom stereocenters. The summed E-state index contributed by atoms with van der Waals surface area (Å²) < 4.78 is 0. The maximum Gasteiger partial charge on any atom is 0.326 e. The molecule has 1 aromatic carbocycles. The summed E-state index contributed by atoms with van der Waals surface area (Å²) in [5.41, 5.74) is 3.77. The minimum atomic E-state index is -3.41. The van der Waals surface area contributed by atoms with Crippen LogP contribution in [-0.4, -0.2) is 47.8 Å². The van der Waals surface area contributed by atoms with Crippen LogP contribution in [0.2, 0.25) is 0 Å². The van der Waals surface area contributed by atoms with Crippen LogP contribution in [0, 0.1) is 0 Å². The highest BCUT2D eigenvalue weighted by atomic mass is 16.5. The molecule has 0 heterocycles. The van der Waals surface area contributed by atoms with Crippen LogP contribution in [-0.2, 0) is 10.6 Å². The molecule has 0 fully saturated rings. The van der Waals surface area contributed by atoms with Crippen molar-refractivity contribution >= 4 is 5.97 Å². The zero-order valence-corrected chi connectivity index (χ0v) is 8.77. The molecule has 1 atom stereocenters. The molecular weight excluding hydrogens is 250 g/mol. The number of carboxylic acids is 1. The van der Waals surface area contributed by atoms with Crippen LogP contribution in [0.4, 0.5) is 0 Å². The minimum Gasteiger partial charge on any atom is -0.504 e. The molecule has 0 bridgehead atoms. The van der Waals surface area contributed by atoms with Crippen LogP contribution >= 0.6 is 0 Å². The molecule has 18 heavy (non-hydrogen) atoms. The lowest BCUT2D eigenvalue weighted by molar-refractivity contribution is -0.198. The van der Waals surface area contributed by atoms with Gasteiger partial charge in [0.1, 0.15) is 5.56 Å². The largest absolute Gasteiger partial charge is 0.504 e. The summed E-state index contributed by atoms with van der Waals surface area (Å²) >= 11 is 0. The molecule has 0 radical (unpaired) electrons. The molecule has 1 rings (SSSR count). The van der Waals surface area contributed by atoms with E-state index in [9.17, 15) is 25.2 Å². The fraction of sp³-hybridized carbons (Fsp3) is 0.222. The van der Waals surface area contributed by atoms with Gasteiger partial charge in [0.25, 0.3) is 0 Å². The third-order valence-electron chi connectivity index (χ3n) is 2.30. The van der Waals surface area contributed by atoms with E-state index in [4.69, 9.17) is 21.1 Å². The third-order valence-corrected chi connectivity index (χ3v) is 2.30. The summed E-state index contributed by atoms with van der Waals surface area (Å²) in [5, 5.41) is 64.7. The fourth-order valence-electron chi connectivity index (χ4n) is 1.31. The van der Waals surface area contributed by atoms with E-state index in [1.54, 1.807) is 0 Å². The highest BCUT2D eigenvalue weighted by Gasteiger charge is 2.44. The van der Waals surface area contributed by atoms with Crippen molar-refractivity contribution in [2.45, 2.75) is 11.8 Å². The van der Waals surface area contributed by atoms with Gasteiger partial charge in [-0.15, -0.1) is 0 Å². The van der Waals surface area contributed by atoms with E-state index < -0.39 is 46.4 Å².